The average Bonchev–Trinajstić information content (AvgIpc) is 2.94. The Morgan fingerprint density at radius 3 is 3.06 bits per heavy atom. The molecule has 2 aliphatic rings. The first-order valence-corrected chi connectivity index (χ1v) is 7.49. The predicted molar refractivity (Wildman–Crippen MR) is 72.2 cm³/mol. The lowest BCUT2D eigenvalue weighted by atomic mass is 10.2. The number of nitrogens with zero attached hydrogens (tertiary/aromatic N) is 2. The molecule has 0 saturated carbocycles. The molecule has 2 unspecified atom stereocenters. The van der Waals surface area contributed by atoms with E-state index >= 15 is 0 Å². The Morgan fingerprint density at radius 1 is 1.50 bits per heavy atom. The van der Waals surface area contributed by atoms with Crippen molar-refractivity contribution in [3.8, 4) is 0 Å². The highest BCUT2D eigenvalue weighted by molar-refractivity contribution is 8.14. The smallest absolute Gasteiger partial charge is 0.156 e. The Kier molecular flexibility index (Phi) is 4.53. The van der Waals surface area contributed by atoms with E-state index in [1.54, 1.807) is 0 Å². The van der Waals surface area contributed by atoms with Crippen LogP contribution in [0.2, 0.25) is 0 Å². The van der Waals surface area contributed by atoms with Gasteiger partial charge in [-0.05, 0) is 32.4 Å². The van der Waals surface area contributed by atoms with Crippen LogP contribution in [-0.4, -0.2) is 47.5 Å². The Morgan fingerprint density at radius 2 is 2.38 bits per heavy atom. The van der Waals surface area contributed by atoms with Gasteiger partial charge in [0.05, 0.1) is 6.54 Å². The van der Waals surface area contributed by atoms with Gasteiger partial charge >= 0.3 is 0 Å². The highest BCUT2D eigenvalue weighted by Crippen LogP contribution is 2.19. The third-order valence-electron chi connectivity index (χ3n) is 3.59. The summed E-state index contributed by atoms with van der Waals surface area (Å²) in [7, 11) is 0. The molecule has 2 aliphatic heterocycles. The minimum absolute atomic E-state index is 0.648. The first-order valence-electron chi connectivity index (χ1n) is 6.51. The van der Waals surface area contributed by atoms with E-state index in [-0.39, 0.29) is 0 Å². The third-order valence-corrected chi connectivity index (χ3v) is 4.68. The number of likely N-dealkylation sites (N-methyl/N-ethyl adjacent to an activating group) is 1. The Hall–Kier alpha value is -0.220. The van der Waals surface area contributed by atoms with E-state index in [1.165, 1.54) is 43.3 Å². The summed E-state index contributed by atoms with van der Waals surface area (Å²) in [6.45, 7) is 7.91. The Bertz CT molecular complexity index is 255. The van der Waals surface area contributed by atoms with Gasteiger partial charge in [0, 0.05) is 17.8 Å². The SMILES string of the molecule is CCC1CSC(=NCC2CCCN2CC)N1. The van der Waals surface area contributed by atoms with Crippen molar-refractivity contribution in [1.29, 1.82) is 0 Å². The third kappa shape index (κ3) is 2.92. The van der Waals surface area contributed by atoms with E-state index in [1.807, 2.05) is 11.8 Å². The minimum Gasteiger partial charge on any atom is -0.361 e. The van der Waals surface area contributed by atoms with E-state index in [0.717, 1.165) is 6.54 Å². The molecular formula is C12H23N3S. The summed E-state index contributed by atoms with van der Waals surface area (Å²) in [4.78, 5) is 7.28. The van der Waals surface area contributed by atoms with E-state index in [4.69, 9.17) is 4.99 Å². The highest BCUT2D eigenvalue weighted by Gasteiger charge is 2.23. The number of hydrogen-bond donors (Lipinski definition) is 1. The van der Waals surface area contributed by atoms with Crippen molar-refractivity contribution in [3.63, 3.8) is 0 Å². The summed E-state index contributed by atoms with van der Waals surface area (Å²) in [5.74, 6) is 1.19. The molecule has 0 aliphatic carbocycles. The normalized spacial score (nSPS) is 33.5. The van der Waals surface area contributed by atoms with Gasteiger partial charge in [0.25, 0.3) is 0 Å². The molecule has 2 atom stereocenters. The molecule has 3 nitrogen and oxygen atoms in total. The molecule has 2 fully saturated rings. The van der Waals surface area contributed by atoms with E-state index in [0.29, 0.717) is 12.1 Å². The van der Waals surface area contributed by atoms with Gasteiger partial charge < -0.3 is 5.32 Å². The summed E-state index contributed by atoms with van der Waals surface area (Å²) < 4.78 is 0. The molecule has 0 spiro atoms. The zero-order valence-electron chi connectivity index (χ0n) is 10.4. The fourth-order valence-corrected chi connectivity index (χ4v) is 3.55. The van der Waals surface area contributed by atoms with Gasteiger partial charge in [-0.3, -0.25) is 9.89 Å². The van der Waals surface area contributed by atoms with E-state index in [2.05, 4.69) is 24.1 Å². The number of likely N-dealkylation sites (tertiary alicyclic amines) is 1. The number of rotatable bonds is 4. The van der Waals surface area contributed by atoms with Crippen molar-refractivity contribution in [2.24, 2.45) is 4.99 Å². The molecule has 0 aromatic rings. The quantitative estimate of drug-likeness (QED) is 0.815. The van der Waals surface area contributed by atoms with Crippen molar-refractivity contribution in [2.45, 2.75) is 45.2 Å². The zero-order valence-corrected chi connectivity index (χ0v) is 11.2. The second-order valence-electron chi connectivity index (χ2n) is 4.63. The largest absolute Gasteiger partial charge is 0.361 e. The van der Waals surface area contributed by atoms with Crippen LogP contribution in [0.25, 0.3) is 0 Å². The van der Waals surface area contributed by atoms with Crippen LogP contribution in [0.4, 0.5) is 0 Å². The van der Waals surface area contributed by atoms with Gasteiger partial charge in [-0.1, -0.05) is 25.6 Å². The van der Waals surface area contributed by atoms with Gasteiger partial charge in [0.15, 0.2) is 5.17 Å². The lowest BCUT2D eigenvalue weighted by molar-refractivity contribution is 0.273. The second kappa shape index (κ2) is 5.92. The first-order chi connectivity index (χ1) is 7.83. The summed E-state index contributed by atoms with van der Waals surface area (Å²) >= 11 is 1.89. The number of aliphatic imine (C=N–C) groups is 1. The molecule has 2 heterocycles. The molecule has 0 radical (unpaired) electrons. The highest BCUT2D eigenvalue weighted by atomic mass is 32.2. The molecule has 1 N–H and O–H groups in total. The molecule has 4 heteroatoms. The number of hydrogen-bond acceptors (Lipinski definition) is 3. The van der Waals surface area contributed by atoms with Crippen molar-refractivity contribution in [2.75, 3.05) is 25.4 Å². The topological polar surface area (TPSA) is 27.6 Å². The fourth-order valence-electron chi connectivity index (χ4n) is 2.46. The van der Waals surface area contributed by atoms with Crippen LogP contribution in [0.1, 0.15) is 33.1 Å². The van der Waals surface area contributed by atoms with Gasteiger partial charge in [-0.2, -0.15) is 0 Å². The number of thioether (sulfide) groups is 1. The van der Waals surface area contributed by atoms with Crippen LogP contribution < -0.4 is 5.32 Å². The molecule has 2 saturated heterocycles. The lowest BCUT2D eigenvalue weighted by Crippen LogP contribution is -2.32. The predicted octanol–water partition coefficient (Wildman–Crippen LogP) is 1.94. The summed E-state index contributed by atoms with van der Waals surface area (Å²) in [6.07, 6.45) is 3.88. The monoisotopic (exact) mass is 241 g/mol. The van der Waals surface area contributed by atoms with Gasteiger partial charge in [0.1, 0.15) is 0 Å². The van der Waals surface area contributed by atoms with Gasteiger partial charge in [-0.25, -0.2) is 0 Å². The first kappa shape index (κ1) is 12.2. The van der Waals surface area contributed by atoms with Gasteiger partial charge in [-0.15, -0.1) is 0 Å². The van der Waals surface area contributed by atoms with E-state index < -0.39 is 0 Å². The average molecular weight is 241 g/mol. The Labute approximate surface area is 103 Å². The molecule has 0 aromatic heterocycles. The molecule has 92 valence electrons. The number of nitrogens with one attached hydrogen (secondary N) is 1. The van der Waals surface area contributed by atoms with Crippen molar-refractivity contribution in [3.05, 3.63) is 0 Å². The van der Waals surface area contributed by atoms with Crippen LogP contribution >= 0.6 is 11.8 Å². The van der Waals surface area contributed by atoms with Crippen molar-refractivity contribution in [1.82, 2.24) is 10.2 Å². The maximum absolute atomic E-state index is 4.73. The molecular weight excluding hydrogens is 218 g/mol. The molecule has 0 amide bonds. The van der Waals surface area contributed by atoms with Crippen molar-refractivity contribution < 1.29 is 0 Å². The summed E-state index contributed by atoms with van der Waals surface area (Å²) in [6, 6.07) is 1.34. The van der Waals surface area contributed by atoms with Crippen LogP contribution in [0.15, 0.2) is 4.99 Å². The maximum atomic E-state index is 4.73. The zero-order chi connectivity index (χ0) is 11.4. The standard InChI is InChI=1S/C12H23N3S/c1-3-10-9-16-12(14-10)13-8-11-6-5-7-15(11)4-2/h10-11H,3-9H2,1-2H3,(H,13,14). The van der Waals surface area contributed by atoms with Crippen LogP contribution in [0, 0.1) is 0 Å². The fraction of sp³-hybridized carbons (Fsp3) is 0.917. The van der Waals surface area contributed by atoms with Gasteiger partial charge in [0.2, 0.25) is 0 Å². The van der Waals surface area contributed by atoms with Crippen molar-refractivity contribution >= 4 is 16.9 Å². The van der Waals surface area contributed by atoms with Crippen LogP contribution in [0.5, 0.6) is 0 Å². The molecule has 0 bridgehead atoms. The lowest BCUT2D eigenvalue weighted by Gasteiger charge is -2.20. The van der Waals surface area contributed by atoms with Crippen LogP contribution in [-0.2, 0) is 0 Å². The van der Waals surface area contributed by atoms with Crippen LogP contribution in [0.3, 0.4) is 0 Å². The molecule has 0 aromatic carbocycles. The molecule has 16 heavy (non-hydrogen) atoms. The van der Waals surface area contributed by atoms with E-state index in [9.17, 15) is 0 Å². The maximum Gasteiger partial charge on any atom is 0.156 e. The second-order valence-corrected chi connectivity index (χ2v) is 5.64. The Balaban J connectivity index is 1.80. The summed E-state index contributed by atoms with van der Waals surface area (Å²) in [5, 5.41) is 4.67. The number of amidine groups is 1. The minimum atomic E-state index is 0.648. The molecule has 2 rings (SSSR count). The summed E-state index contributed by atoms with van der Waals surface area (Å²) in [5.41, 5.74) is 0.